The summed E-state index contributed by atoms with van der Waals surface area (Å²) in [6, 6.07) is 1.59. The summed E-state index contributed by atoms with van der Waals surface area (Å²) in [6.07, 6.45) is 1.34. The van der Waals surface area contributed by atoms with E-state index in [-0.39, 0.29) is 0 Å². The van der Waals surface area contributed by atoms with Crippen molar-refractivity contribution in [1.29, 1.82) is 0 Å². The first-order valence-electron chi connectivity index (χ1n) is 4.48. The Hall–Kier alpha value is -2.11. The van der Waals surface area contributed by atoms with Crippen molar-refractivity contribution in [3.05, 3.63) is 18.1 Å². The number of aromatic nitrogens is 3. The lowest BCUT2D eigenvalue weighted by molar-refractivity contribution is 0.0520. The minimum absolute atomic E-state index is 0.329. The predicted molar refractivity (Wildman–Crippen MR) is 54.3 cm³/mol. The van der Waals surface area contributed by atoms with Gasteiger partial charge >= 0.3 is 5.97 Å². The van der Waals surface area contributed by atoms with Gasteiger partial charge in [0, 0.05) is 0 Å². The maximum atomic E-state index is 11.4. The number of anilines is 1. The molecule has 0 saturated carbocycles. The number of nitrogens with zero attached hydrogens (tertiary/aromatic N) is 2. The number of carbonyl (C=O) groups excluding carboxylic acids is 1. The molecule has 0 saturated heterocycles. The lowest BCUT2D eigenvalue weighted by atomic mass is 10.3. The largest absolute Gasteiger partial charge is 0.461 e. The highest BCUT2D eigenvalue weighted by molar-refractivity contribution is 5.96. The fourth-order valence-electron chi connectivity index (χ4n) is 1.28. The van der Waals surface area contributed by atoms with Crippen LogP contribution in [0.3, 0.4) is 0 Å². The van der Waals surface area contributed by atoms with Crippen LogP contribution in [0.25, 0.3) is 11.0 Å². The third kappa shape index (κ3) is 1.61. The summed E-state index contributed by atoms with van der Waals surface area (Å²) in [5, 5.41) is 0.626. The standard InChI is InChI=1S/C9H10N4O2/c1-2-15-9(14)6-3-5-7(10)11-4-12-8(5)13-6/h3-4H,2H2,1H3,(H3,10,11,12,13). The van der Waals surface area contributed by atoms with Crippen LogP contribution in [0.4, 0.5) is 5.82 Å². The number of nitrogens with one attached hydrogen (secondary N) is 1. The Morgan fingerprint density at radius 3 is 3.07 bits per heavy atom. The topological polar surface area (TPSA) is 93.9 Å². The Morgan fingerprint density at radius 1 is 1.60 bits per heavy atom. The maximum Gasteiger partial charge on any atom is 0.354 e. The lowest BCUT2D eigenvalue weighted by Crippen LogP contribution is -2.04. The van der Waals surface area contributed by atoms with Crippen LogP contribution < -0.4 is 5.73 Å². The Morgan fingerprint density at radius 2 is 2.40 bits per heavy atom. The number of H-pyrrole nitrogens is 1. The molecular weight excluding hydrogens is 196 g/mol. The molecule has 2 rings (SSSR count). The van der Waals surface area contributed by atoms with Crippen molar-refractivity contribution >= 4 is 22.8 Å². The molecule has 0 aliphatic rings. The molecule has 0 atom stereocenters. The molecule has 0 bridgehead atoms. The molecule has 15 heavy (non-hydrogen) atoms. The van der Waals surface area contributed by atoms with Gasteiger partial charge in [-0.25, -0.2) is 14.8 Å². The van der Waals surface area contributed by atoms with Gasteiger partial charge < -0.3 is 15.5 Å². The Balaban J connectivity index is 2.47. The smallest absolute Gasteiger partial charge is 0.354 e. The summed E-state index contributed by atoms with van der Waals surface area (Å²) in [4.78, 5) is 22.0. The number of ether oxygens (including phenoxy) is 1. The van der Waals surface area contributed by atoms with Gasteiger partial charge in [0.1, 0.15) is 23.5 Å². The first kappa shape index (κ1) is 9.45. The summed E-state index contributed by atoms with van der Waals surface area (Å²) in [6.45, 7) is 2.07. The van der Waals surface area contributed by atoms with Gasteiger partial charge in [-0.05, 0) is 13.0 Å². The van der Waals surface area contributed by atoms with Gasteiger partial charge in [-0.1, -0.05) is 0 Å². The molecule has 0 fully saturated rings. The summed E-state index contributed by atoms with van der Waals surface area (Å²) in [5.74, 6) is -0.0818. The van der Waals surface area contributed by atoms with E-state index in [1.165, 1.54) is 6.33 Å². The molecule has 0 aromatic carbocycles. The summed E-state index contributed by atoms with van der Waals surface area (Å²) >= 11 is 0. The number of hydrogen-bond acceptors (Lipinski definition) is 5. The number of hydrogen-bond donors (Lipinski definition) is 2. The number of esters is 1. The molecule has 0 aliphatic carbocycles. The molecule has 0 unspecified atom stereocenters. The van der Waals surface area contributed by atoms with Gasteiger partial charge in [-0.2, -0.15) is 0 Å². The van der Waals surface area contributed by atoms with Gasteiger partial charge in [-0.15, -0.1) is 0 Å². The number of aromatic amines is 1. The average molecular weight is 206 g/mol. The van der Waals surface area contributed by atoms with Crippen LogP contribution in [0.15, 0.2) is 12.4 Å². The zero-order valence-electron chi connectivity index (χ0n) is 8.15. The second-order valence-electron chi connectivity index (χ2n) is 2.92. The lowest BCUT2D eigenvalue weighted by Gasteiger charge is -1.96. The molecular formula is C9H10N4O2. The van der Waals surface area contributed by atoms with E-state index < -0.39 is 5.97 Å². The van der Waals surface area contributed by atoms with Crippen molar-refractivity contribution in [2.75, 3.05) is 12.3 Å². The number of carbonyl (C=O) groups is 1. The van der Waals surface area contributed by atoms with Gasteiger partial charge in [0.2, 0.25) is 0 Å². The third-order valence-electron chi connectivity index (χ3n) is 1.95. The number of rotatable bonds is 2. The van der Waals surface area contributed by atoms with Crippen LogP contribution >= 0.6 is 0 Å². The van der Waals surface area contributed by atoms with Crippen molar-refractivity contribution in [3.63, 3.8) is 0 Å². The zero-order valence-corrected chi connectivity index (χ0v) is 8.15. The molecule has 78 valence electrons. The molecule has 6 heteroatoms. The van der Waals surface area contributed by atoms with Crippen LogP contribution in [0.2, 0.25) is 0 Å². The molecule has 0 radical (unpaired) electrons. The SMILES string of the molecule is CCOC(=O)c1cc2c(N)ncnc2[nH]1. The third-order valence-corrected chi connectivity index (χ3v) is 1.95. The molecule has 0 spiro atoms. The Bertz CT molecular complexity index is 506. The Labute approximate surface area is 85.5 Å². The van der Waals surface area contributed by atoms with Gasteiger partial charge in [0.25, 0.3) is 0 Å². The van der Waals surface area contributed by atoms with Crippen LogP contribution in [0.5, 0.6) is 0 Å². The molecule has 2 aromatic heterocycles. The van der Waals surface area contributed by atoms with E-state index in [1.807, 2.05) is 0 Å². The van der Waals surface area contributed by atoms with E-state index in [0.717, 1.165) is 0 Å². The van der Waals surface area contributed by atoms with Crippen molar-refractivity contribution in [2.24, 2.45) is 0 Å². The van der Waals surface area contributed by atoms with Crippen LogP contribution in [0.1, 0.15) is 17.4 Å². The first-order valence-corrected chi connectivity index (χ1v) is 4.48. The fourth-order valence-corrected chi connectivity index (χ4v) is 1.28. The number of fused-ring (bicyclic) bond motifs is 1. The normalized spacial score (nSPS) is 10.5. The number of nitrogen functional groups attached to an aromatic ring is 1. The summed E-state index contributed by atoms with van der Waals surface area (Å²) in [7, 11) is 0. The van der Waals surface area contributed by atoms with Gasteiger partial charge in [0.05, 0.1) is 12.0 Å². The molecule has 0 aliphatic heterocycles. The molecule has 3 N–H and O–H groups in total. The predicted octanol–water partition coefficient (Wildman–Crippen LogP) is 0.717. The second kappa shape index (κ2) is 3.56. The average Bonchev–Trinajstić information content (AvgIpc) is 2.63. The summed E-state index contributed by atoms with van der Waals surface area (Å²) < 4.78 is 4.84. The quantitative estimate of drug-likeness (QED) is 0.706. The van der Waals surface area contributed by atoms with Gasteiger partial charge in [-0.3, -0.25) is 0 Å². The van der Waals surface area contributed by atoms with E-state index in [1.54, 1.807) is 13.0 Å². The minimum atomic E-state index is -0.421. The molecule has 2 aromatic rings. The van der Waals surface area contributed by atoms with E-state index in [2.05, 4.69) is 15.0 Å². The highest BCUT2D eigenvalue weighted by atomic mass is 16.5. The van der Waals surface area contributed by atoms with E-state index in [0.29, 0.717) is 29.2 Å². The van der Waals surface area contributed by atoms with Gasteiger partial charge in [0.15, 0.2) is 0 Å². The van der Waals surface area contributed by atoms with Crippen LogP contribution in [-0.2, 0) is 4.74 Å². The molecule has 0 amide bonds. The van der Waals surface area contributed by atoms with Crippen molar-refractivity contribution in [1.82, 2.24) is 15.0 Å². The summed E-state index contributed by atoms with van der Waals surface area (Å²) in [5.41, 5.74) is 6.49. The molecule has 2 heterocycles. The minimum Gasteiger partial charge on any atom is -0.461 e. The van der Waals surface area contributed by atoms with E-state index >= 15 is 0 Å². The van der Waals surface area contributed by atoms with E-state index in [9.17, 15) is 4.79 Å². The second-order valence-corrected chi connectivity index (χ2v) is 2.92. The van der Waals surface area contributed by atoms with Crippen molar-refractivity contribution < 1.29 is 9.53 Å². The zero-order chi connectivity index (χ0) is 10.8. The highest BCUT2D eigenvalue weighted by Crippen LogP contribution is 2.17. The fraction of sp³-hybridized carbons (Fsp3) is 0.222. The van der Waals surface area contributed by atoms with Crippen molar-refractivity contribution in [2.45, 2.75) is 6.92 Å². The number of nitrogens with two attached hydrogens (primary N) is 1. The monoisotopic (exact) mass is 206 g/mol. The van der Waals surface area contributed by atoms with Crippen LogP contribution in [-0.4, -0.2) is 27.5 Å². The molecule has 6 nitrogen and oxygen atoms in total. The van der Waals surface area contributed by atoms with E-state index in [4.69, 9.17) is 10.5 Å². The maximum absolute atomic E-state index is 11.4. The van der Waals surface area contributed by atoms with Crippen LogP contribution in [0, 0.1) is 0 Å². The Kier molecular flexibility index (Phi) is 2.24. The highest BCUT2D eigenvalue weighted by Gasteiger charge is 2.12. The van der Waals surface area contributed by atoms with Crippen molar-refractivity contribution in [3.8, 4) is 0 Å². The first-order chi connectivity index (χ1) is 7.22.